The third-order valence-corrected chi connectivity index (χ3v) is 2.66. The highest BCUT2D eigenvalue weighted by Crippen LogP contribution is 2.20. The van der Waals surface area contributed by atoms with Gasteiger partial charge in [0.05, 0.1) is 5.52 Å². The van der Waals surface area contributed by atoms with Gasteiger partial charge in [-0.05, 0) is 6.07 Å². The first-order valence-corrected chi connectivity index (χ1v) is 5.64. The minimum atomic E-state index is 0.487. The minimum absolute atomic E-state index is 0.487. The SMILES string of the molecule is CC(Br)Cc1c2ccccc2nn1C. The fourth-order valence-electron chi connectivity index (χ4n) is 1.71. The molecule has 0 bridgehead atoms. The van der Waals surface area contributed by atoms with Gasteiger partial charge >= 0.3 is 0 Å². The third-order valence-electron chi connectivity index (χ3n) is 2.34. The molecule has 0 aliphatic heterocycles. The average molecular weight is 253 g/mol. The topological polar surface area (TPSA) is 17.8 Å². The van der Waals surface area contributed by atoms with Gasteiger partial charge in [-0.25, -0.2) is 0 Å². The zero-order chi connectivity index (χ0) is 10.1. The second-order valence-electron chi connectivity index (χ2n) is 3.57. The summed E-state index contributed by atoms with van der Waals surface area (Å²) in [6, 6.07) is 8.27. The van der Waals surface area contributed by atoms with E-state index < -0.39 is 0 Å². The van der Waals surface area contributed by atoms with Crippen LogP contribution in [0.15, 0.2) is 24.3 Å². The largest absolute Gasteiger partial charge is 0.271 e. The standard InChI is InChI=1S/C11H13BrN2/c1-8(12)7-11-9-5-3-4-6-10(9)13-14(11)2/h3-6,8H,7H2,1-2H3. The molecular formula is C11H13BrN2. The molecular weight excluding hydrogens is 240 g/mol. The molecule has 0 aliphatic rings. The van der Waals surface area contributed by atoms with Gasteiger partial charge < -0.3 is 0 Å². The average Bonchev–Trinajstić information content (AvgIpc) is 2.43. The number of aryl methyl sites for hydroxylation is 1. The van der Waals surface area contributed by atoms with Gasteiger partial charge in [0.25, 0.3) is 0 Å². The number of aromatic nitrogens is 2. The predicted octanol–water partition coefficient (Wildman–Crippen LogP) is 2.90. The molecule has 3 heteroatoms. The Balaban J connectivity index is 2.56. The fourth-order valence-corrected chi connectivity index (χ4v) is 2.02. The summed E-state index contributed by atoms with van der Waals surface area (Å²) in [5, 5.41) is 5.73. The van der Waals surface area contributed by atoms with Crippen LogP contribution in [0.5, 0.6) is 0 Å². The first-order chi connectivity index (χ1) is 6.68. The Morgan fingerprint density at radius 3 is 2.86 bits per heavy atom. The van der Waals surface area contributed by atoms with Gasteiger partial charge in [0.2, 0.25) is 0 Å². The van der Waals surface area contributed by atoms with E-state index in [1.165, 1.54) is 11.1 Å². The lowest BCUT2D eigenvalue weighted by Gasteiger charge is -2.03. The van der Waals surface area contributed by atoms with Crippen molar-refractivity contribution >= 4 is 26.8 Å². The number of hydrogen-bond donors (Lipinski definition) is 0. The van der Waals surface area contributed by atoms with E-state index in [1.807, 2.05) is 17.8 Å². The fraction of sp³-hybridized carbons (Fsp3) is 0.364. The molecule has 1 atom stereocenters. The van der Waals surface area contributed by atoms with Gasteiger partial charge in [0.15, 0.2) is 0 Å². The third kappa shape index (κ3) is 1.69. The summed E-state index contributed by atoms with van der Waals surface area (Å²) in [5.41, 5.74) is 2.38. The van der Waals surface area contributed by atoms with Gasteiger partial charge in [-0.15, -0.1) is 0 Å². The van der Waals surface area contributed by atoms with Crippen LogP contribution < -0.4 is 0 Å². The molecule has 1 aromatic carbocycles. The first kappa shape index (κ1) is 9.71. The van der Waals surface area contributed by atoms with Crippen LogP contribution in [0, 0.1) is 0 Å². The van der Waals surface area contributed by atoms with Crippen LogP contribution in [-0.4, -0.2) is 14.6 Å². The van der Waals surface area contributed by atoms with Crippen LogP contribution in [0.25, 0.3) is 10.9 Å². The van der Waals surface area contributed by atoms with Crippen molar-refractivity contribution in [3.63, 3.8) is 0 Å². The van der Waals surface area contributed by atoms with Crippen molar-refractivity contribution in [2.75, 3.05) is 0 Å². The molecule has 2 nitrogen and oxygen atoms in total. The number of halogens is 1. The molecule has 14 heavy (non-hydrogen) atoms. The lowest BCUT2D eigenvalue weighted by Crippen LogP contribution is -2.03. The number of alkyl halides is 1. The number of benzene rings is 1. The van der Waals surface area contributed by atoms with Gasteiger partial charge in [0.1, 0.15) is 0 Å². The molecule has 74 valence electrons. The smallest absolute Gasteiger partial charge is 0.0926 e. The van der Waals surface area contributed by atoms with Crippen molar-refractivity contribution in [1.29, 1.82) is 0 Å². The lowest BCUT2D eigenvalue weighted by molar-refractivity contribution is 0.713. The monoisotopic (exact) mass is 252 g/mol. The molecule has 2 aromatic rings. The highest BCUT2D eigenvalue weighted by molar-refractivity contribution is 9.09. The number of hydrogen-bond acceptors (Lipinski definition) is 1. The first-order valence-electron chi connectivity index (χ1n) is 4.73. The van der Waals surface area contributed by atoms with Crippen molar-refractivity contribution in [3.8, 4) is 0 Å². The summed E-state index contributed by atoms with van der Waals surface area (Å²) in [6.07, 6.45) is 1.01. The Kier molecular flexibility index (Phi) is 2.59. The van der Waals surface area contributed by atoms with E-state index in [2.05, 4.69) is 46.2 Å². The molecule has 2 rings (SSSR count). The van der Waals surface area contributed by atoms with Gasteiger partial charge in [-0.1, -0.05) is 41.1 Å². The lowest BCUT2D eigenvalue weighted by atomic mass is 10.1. The molecule has 1 heterocycles. The number of nitrogens with zero attached hydrogens (tertiary/aromatic N) is 2. The molecule has 0 N–H and O–H groups in total. The molecule has 0 saturated carbocycles. The number of fused-ring (bicyclic) bond motifs is 1. The van der Waals surface area contributed by atoms with Crippen molar-refractivity contribution in [2.24, 2.45) is 7.05 Å². The normalized spacial score (nSPS) is 13.4. The van der Waals surface area contributed by atoms with E-state index in [0.29, 0.717) is 4.83 Å². The molecule has 1 aromatic heterocycles. The van der Waals surface area contributed by atoms with Crippen molar-refractivity contribution in [2.45, 2.75) is 18.2 Å². The molecule has 0 saturated heterocycles. The summed E-state index contributed by atoms with van der Waals surface area (Å²) in [5.74, 6) is 0. The van der Waals surface area contributed by atoms with Crippen molar-refractivity contribution < 1.29 is 0 Å². The molecule has 0 amide bonds. The van der Waals surface area contributed by atoms with Crippen molar-refractivity contribution in [3.05, 3.63) is 30.0 Å². The maximum Gasteiger partial charge on any atom is 0.0926 e. The van der Waals surface area contributed by atoms with Gasteiger partial charge in [0, 0.05) is 29.4 Å². The van der Waals surface area contributed by atoms with Gasteiger partial charge in [-0.2, -0.15) is 5.10 Å². The maximum atomic E-state index is 4.46. The van der Waals surface area contributed by atoms with E-state index >= 15 is 0 Å². The van der Waals surface area contributed by atoms with Gasteiger partial charge in [-0.3, -0.25) is 4.68 Å². The van der Waals surface area contributed by atoms with E-state index in [4.69, 9.17) is 0 Å². The van der Waals surface area contributed by atoms with E-state index in [-0.39, 0.29) is 0 Å². The molecule has 0 radical (unpaired) electrons. The predicted molar refractivity (Wildman–Crippen MR) is 62.8 cm³/mol. The quantitative estimate of drug-likeness (QED) is 0.752. The van der Waals surface area contributed by atoms with Crippen LogP contribution in [-0.2, 0) is 13.5 Å². The van der Waals surface area contributed by atoms with Crippen LogP contribution in [0.1, 0.15) is 12.6 Å². The summed E-state index contributed by atoms with van der Waals surface area (Å²) >= 11 is 3.57. The Morgan fingerprint density at radius 1 is 1.43 bits per heavy atom. The summed E-state index contributed by atoms with van der Waals surface area (Å²) < 4.78 is 1.97. The molecule has 0 aliphatic carbocycles. The Labute approximate surface area is 92.0 Å². The molecule has 1 unspecified atom stereocenters. The highest BCUT2D eigenvalue weighted by Gasteiger charge is 2.09. The second kappa shape index (κ2) is 3.73. The zero-order valence-electron chi connectivity index (χ0n) is 8.37. The van der Waals surface area contributed by atoms with E-state index in [0.717, 1.165) is 11.9 Å². The van der Waals surface area contributed by atoms with E-state index in [1.54, 1.807) is 0 Å². The highest BCUT2D eigenvalue weighted by atomic mass is 79.9. The van der Waals surface area contributed by atoms with Crippen molar-refractivity contribution in [1.82, 2.24) is 9.78 Å². The number of rotatable bonds is 2. The van der Waals surface area contributed by atoms with E-state index in [9.17, 15) is 0 Å². The summed E-state index contributed by atoms with van der Waals surface area (Å²) in [6.45, 7) is 2.15. The summed E-state index contributed by atoms with van der Waals surface area (Å²) in [7, 11) is 2.00. The second-order valence-corrected chi connectivity index (χ2v) is 5.14. The summed E-state index contributed by atoms with van der Waals surface area (Å²) in [4.78, 5) is 0.487. The Bertz CT molecular complexity index is 445. The molecule has 0 fully saturated rings. The zero-order valence-corrected chi connectivity index (χ0v) is 9.95. The maximum absolute atomic E-state index is 4.46. The Hall–Kier alpha value is -0.830. The van der Waals surface area contributed by atoms with Crippen LogP contribution in [0.3, 0.4) is 0 Å². The van der Waals surface area contributed by atoms with Crippen LogP contribution in [0.2, 0.25) is 0 Å². The minimum Gasteiger partial charge on any atom is -0.271 e. The Morgan fingerprint density at radius 2 is 2.14 bits per heavy atom. The molecule has 0 spiro atoms. The van der Waals surface area contributed by atoms with Crippen LogP contribution in [0.4, 0.5) is 0 Å². The van der Waals surface area contributed by atoms with Crippen LogP contribution >= 0.6 is 15.9 Å².